The number of aliphatic hydroxyl groups is 1. The van der Waals surface area contributed by atoms with Gasteiger partial charge in [-0.2, -0.15) is 0 Å². The third kappa shape index (κ3) is 5.14. The van der Waals surface area contributed by atoms with Crippen molar-refractivity contribution in [2.24, 2.45) is 0 Å². The van der Waals surface area contributed by atoms with Gasteiger partial charge >= 0.3 is 0 Å². The first-order valence-corrected chi connectivity index (χ1v) is 6.11. The van der Waals surface area contributed by atoms with E-state index in [1.54, 1.807) is 0 Å². The van der Waals surface area contributed by atoms with E-state index >= 15 is 0 Å². The van der Waals surface area contributed by atoms with Crippen LogP contribution in [0.3, 0.4) is 0 Å². The quantitative estimate of drug-likeness (QED) is 0.377. The molecule has 1 spiro atoms. The molecule has 0 atom stereocenters. The Morgan fingerprint density at radius 2 is 1.59 bits per heavy atom. The lowest BCUT2D eigenvalue weighted by Crippen LogP contribution is -2.33. The number of hydrogen-bond acceptors (Lipinski definition) is 5. The van der Waals surface area contributed by atoms with Crippen LogP contribution in [-0.4, -0.2) is 41.2 Å². The molecule has 0 aromatic rings. The Kier molecular flexibility index (Phi) is 9.30. The highest BCUT2D eigenvalue weighted by atomic mass is 17.0. The second-order valence-corrected chi connectivity index (χ2v) is 3.65. The van der Waals surface area contributed by atoms with Crippen LogP contribution in [0.15, 0.2) is 11.6 Å². The van der Waals surface area contributed by atoms with Gasteiger partial charge in [0.15, 0.2) is 5.79 Å². The fraction of sp³-hybridized carbons (Fsp3) is 0.833. The van der Waals surface area contributed by atoms with Crippen molar-refractivity contribution in [3.63, 3.8) is 0 Å². The van der Waals surface area contributed by atoms with Gasteiger partial charge in [0, 0.05) is 12.8 Å². The fourth-order valence-electron chi connectivity index (χ4n) is 2.07. The Balaban J connectivity index is 0.000000581. The van der Waals surface area contributed by atoms with Gasteiger partial charge in [-0.15, -0.1) is 0 Å². The Labute approximate surface area is 103 Å². The number of aliphatic hydroxyl groups excluding tert-OH is 1. The average Bonchev–Trinajstić information content (AvgIpc) is 2.86. The Morgan fingerprint density at radius 1 is 1.12 bits per heavy atom. The van der Waals surface area contributed by atoms with Crippen LogP contribution in [0.25, 0.3) is 0 Å². The highest BCUT2D eigenvalue weighted by Gasteiger charge is 2.38. The van der Waals surface area contributed by atoms with E-state index in [0.29, 0.717) is 0 Å². The molecular formula is C12H24O5. The summed E-state index contributed by atoms with van der Waals surface area (Å²) in [5.74, 6) is -0.271. The molecule has 5 heteroatoms. The van der Waals surface area contributed by atoms with Gasteiger partial charge in [-0.25, -0.2) is 0 Å². The smallest absolute Gasteiger partial charge is 0.169 e. The Morgan fingerprint density at radius 3 is 2.00 bits per heavy atom. The standard InChI is InChI=1S/C10H16O3.C2H6.H2O2/c11-6-3-9-1-4-10(5-2-9)12-7-8-13-10;2*1-2/h3,11H,1-2,4-8H2;1-2H3;1-2H. The monoisotopic (exact) mass is 248 g/mol. The van der Waals surface area contributed by atoms with Crippen molar-refractivity contribution in [3.8, 4) is 0 Å². The van der Waals surface area contributed by atoms with Gasteiger partial charge in [0.25, 0.3) is 0 Å². The second-order valence-electron chi connectivity index (χ2n) is 3.65. The van der Waals surface area contributed by atoms with Crippen LogP contribution in [0, 0.1) is 0 Å². The maximum absolute atomic E-state index is 8.74. The minimum atomic E-state index is -0.271. The van der Waals surface area contributed by atoms with Gasteiger partial charge in [0.1, 0.15) is 0 Å². The van der Waals surface area contributed by atoms with Gasteiger partial charge < -0.3 is 14.6 Å². The highest BCUT2D eigenvalue weighted by molar-refractivity contribution is 5.07. The van der Waals surface area contributed by atoms with Crippen LogP contribution in [0.2, 0.25) is 0 Å². The first-order valence-electron chi connectivity index (χ1n) is 6.11. The van der Waals surface area contributed by atoms with Crippen LogP contribution < -0.4 is 0 Å². The molecule has 0 amide bonds. The predicted molar refractivity (Wildman–Crippen MR) is 64.9 cm³/mol. The first-order chi connectivity index (χ1) is 8.35. The van der Waals surface area contributed by atoms with Gasteiger partial charge in [-0.3, -0.25) is 10.5 Å². The van der Waals surface area contributed by atoms with Crippen LogP contribution in [0.4, 0.5) is 0 Å². The number of allylic oxidation sites excluding steroid dienone is 1. The zero-order valence-electron chi connectivity index (χ0n) is 10.7. The van der Waals surface area contributed by atoms with E-state index in [9.17, 15) is 0 Å². The molecule has 1 saturated heterocycles. The minimum Gasteiger partial charge on any atom is -0.392 e. The van der Waals surface area contributed by atoms with Gasteiger partial charge in [-0.1, -0.05) is 25.5 Å². The van der Waals surface area contributed by atoms with Crippen LogP contribution >= 0.6 is 0 Å². The van der Waals surface area contributed by atoms with Crippen molar-refractivity contribution in [2.75, 3.05) is 19.8 Å². The number of ether oxygens (including phenoxy) is 2. The summed E-state index contributed by atoms with van der Waals surface area (Å²) in [6, 6.07) is 0. The summed E-state index contributed by atoms with van der Waals surface area (Å²) in [5, 5.41) is 20.7. The molecule has 0 aromatic carbocycles. The number of hydrogen-bond donors (Lipinski definition) is 3. The van der Waals surface area contributed by atoms with Crippen molar-refractivity contribution in [1.82, 2.24) is 0 Å². The first kappa shape index (κ1) is 16.5. The molecule has 102 valence electrons. The molecule has 0 aromatic heterocycles. The third-order valence-corrected chi connectivity index (χ3v) is 2.85. The molecule has 1 heterocycles. The second kappa shape index (κ2) is 9.56. The summed E-state index contributed by atoms with van der Waals surface area (Å²) in [6.45, 7) is 5.63. The molecule has 17 heavy (non-hydrogen) atoms. The van der Waals surface area contributed by atoms with E-state index < -0.39 is 0 Å². The summed E-state index contributed by atoms with van der Waals surface area (Å²) in [7, 11) is 0. The fourth-order valence-corrected chi connectivity index (χ4v) is 2.07. The number of rotatable bonds is 1. The van der Waals surface area contributed by atoms with Crippen molar-refractivity contribution in [2.45, 2.75) is 45.3 Å². The maximum Gasteiger partial charge on any atom is 0.169 e. The molecular weight excluding hydrogens is 224 g/mol. The molecule has 2 rings (SSSR count). The van der Waals surface area contributed by atoms with E-state index in [1.165, 1.54) is 5.57 Å². The highest BCUT2D eigenvalue weighted by Crippen LogP contribution is 2.37. The molecule has 1 saturated carbocycles. The maximum atomic E-state index is 8.74. The molecule has 1 aliphatic heterocycles. The third-order valence-electron chi connectivity index (χ3n) is 2.85. The van der Waals surface area contributed by atoms with Crippen molar-refractivity contribution in [1.29, 1.82) is 0 Å². The van der Waals surface area contributed by atoms with Gasteiger partial charge in [-0.05, 0) is 12.8 Å². The zero-order valence-corrected chi connectivity index (χ0v) is 10.7. The Bertz CT molecular complexity index is 197. The van der Waals surface area contributed by atoms with Crippen molar-refractivity contribution >= 4 is 0 Å². The SMILES string of the molecule is CC.OCC=C1CCC2(CC1)OCCO2.OO. The summed E-state index contributed by atoms with van der Waals surface area (Å²) in [4.78, 5) is 0. The Hall–Kier alpha value is -0.460. The largest absolute Gasteiger partial charge is 0.392 e. The summed E-state index contributed by atoms with van der Waals surface area (Å²) in [6.07, 6.45) is 5.79. The van der Waals surface area contributed by atoms with Gasteiger partial charge in [0.2, 0.25) is 0 Å². The summed E-state index contributed by atoms with van der Waals surface area (Å²) < 4.78 is 11.2. The van der Waals surface area contributed by atoms with Crippen LogP contribution in [-0.2, 0) is 9.47 Å². The zero-order chi connectivity index (χ0) is 13.1. The summed E-state index contributed by atoms with van der Waals surface area (Å²) >= 11 is 0. The lowest BCUT2D eigenvalue weighted by atomic mass is 9.89. The van der Waals surface area contributed by atoms with Crippen molar-refractivity contribution < 1.29 is 25.1 Å². The van der Waals surface area contributed by atoms with E-state index in [0.717, 1.165) is 38.9 Å². The van der Waals surface area contributed by atoms with E-state index in [4.69, 9.17) is 25.1 Å². The average molecular weight is 248 g/mol. The van der Waals surface area contributed by atoms with Crippen molar-refractivity contribution in [3.05, 3.63) is 11.6 Å². The molecule has 2 aliphatic rings. The topological polar surface area (TPSA) is 79.2 Å². The van der Waals surface area contributed by atoms with E-state index in [1.807, 2.05) is 19.9 Å². The molecule has 0 radical (unpaired) electrons. The van der Waals surface area contributed by atoms with E-state index in [-0.39, 0.29) is 12.4 Å². The van der Waals surface area contributed by atoms with E-state index in [2.05, 4.69) is 0 Å². The minimum absolute atomic E-state index is 0.157. The predicted octanol–water partition coefficient (Wildman–Crippen LogP) is 2.27. The molecule has 2 fully saturated rings. The van der Waals surface area contributed by atoms with Gasteiger partial charge in [0.05, 0.1) is 19.8 Å². The van der Waals surface area contributed by atoms with Crippen LogP contribution in [0.5, 0.6) is 0 Å². The summed E-state index contributed by atoms with van der Waals surface area (Å²) in [5.41, 5.74) is 1.34. The normalized spacial score (nSPS) is 21.1. The molecule has 0 bridgehead atoms. The molecule has 0 unspecified atom stereocenters. The molecule has 1 aliphatic carbocycles. The lowest BCUT2D eigenvalue weighted by Gasteiger charge is -2.32. The lowest BCUT2D eigenvalue weighted by molar-refractivity contribution is -0.176. The van der Waals surface area contributed by atoms with Crippen LogP contribution in [0.1, 0.15) is 39.5 Å². The molecule has 5 nitrogen and oxygen atoms in total. The molecule has 3 N–H and O–H groups in total.